The third-order valence-corrected chi connectivity index (χ3v) is 4.57. The van der Waals surface area contributed by atoms with Gasteiger partial charge in [0.1, 0.15) is 5.82 Å². The number of carbonyl (C=O) groups excluding carboxylic acids is 1. The second-order valence-electron chi connectivity index (χ2n) is 4.80. The van der Waals surface area contributed by atoms with E-state index in [1.807, 2.05) is 0 Å². The molecular weight excluding hydrogens is 289 g/mol. The van der Waals surface area contributed by atoms with Crippen molar-refractivity contribution >= 4 is 17.7 Å². The first kappa shape index (κ1) is 15.9. The Morgan fingerprint density at radius 1 is 1.52 bits per heavy atom. The molecule has 1 aromatic carbocycles. The quantitative estimate of drug-likeness (QED) is 0.837. The Hall–Kier alpha value is -1.51. The molecule has 1 unspecified atom stereocenters. The molecule has 0 spiro atoms. The van der Waals surface area contributed by atoms with Crippen molar-refractivity contribution in [3.8, 4) is 11.8 Å². The second-order valence-corrected chi connectivity index (χ2v) is 6.11. The maximum Gasteiger partial charge on any atom is 0.233 e. The van der Waals surface area contributed by atoms with Crippen molar-refractivity contribution < 1.29 is 14.3 Å². The van der Waals surface area contributed by atoms with Crippen LogP contribution in [0, 0.1) is 17.7 Å². The molecule has 1 atom stereocenters. The molecule has 0 bridgehead atoms. The molecule has 21 heavy (non-hydrogen) atoms. The SMILES string of the molecule is O=C(NCc1cc(C#CCCO)ccc1F)C1CCCS1. The fourth-order valence-corrected chi connectivity index (χ4v) is 3.27. The zero-order valence-electron chi connectivity index (χ0n) is 11.7. The highest BCUT2D eigenvalue weighted by atomic mass is 32.2. The van der Waals surface area contributed by atoms with Gasteiger partial charge in [0.25, 0.3) is 0 Å². The third kappa shape index (κ3) is 4.76. The number of hydrogen-bond acceptors (Lipinski definition) is 3. The minimum absolute atomic E-state index is 0.000546. The summed E-state index contributed by atoms with van der Waals surface area (Å²) in [5, 5.41) is 11.5. The number of hydrogen-bond donors (Lipinski definition) is 2. The minimum Gasteiger partial charge on any atom is -0.395 e. The number of amides is 1. The number of benzene rings is 1. The molecule has 1 aliphatic heterocycles. The summed E-state index contributed by atoms with van der Waals surface area (Å²) in [6.45, 7) is 0.188. The molecule has 3 nitrogen and oxygen atoms in total. The van der Waals surface area contributed by atoms with E-state index in [-0.39, 0.29) is 30.1 Å². The van der Waals surface area contributed by atoms with E-state index in [1.54, 1.807) is 23.9 Å². The zero-order valence-corrected chi connectivity index (χ0v) is 12.5. The van der Waals surface area contributed by atoms with Gasteiger partial charge in [0.15, 0.2) is 0 Å². The molecule has 1 saturated heterocycles. The van der Waals surface area contributed by atoms with Crippen LogP contribution in [-0.2, 0) is 11.3 Å². The Balaban J connectivity index is 1.97. The summed E-state index contributed by atoms with van der Waals surface area (Å²) < 4.78 is 13.7. The van der Waals surface area contributed by atoms with Crippen LogP contribution < -0.4 is 5.32 Å². The molecule has 0 aromatic heterocycles. The molecule has 2 rings (SSSR count). The molecule has 2 N–H and O–H groups in total. The first-order valence-corrected chi connectivity index (χ1v) is 8.03. The Labute approximate surface area is 128 Å². The van der Waals surface area contributed by atoms with Gasteiger partial charge in [-0.15, -0.1) is 11.8 Å². The molecule has 0 radical (unpaired) electrons. The van der Waals surface area contributed by atoms with Crippen LogP contribution in [0.25, 0.3) is 0 Å². The summed E-state index contributed by atoms with van der Waals surface area (Å²) in [6, 6.07) is 4.59. The lowest BCUT2D eigenvalue weighted by Crippen LogP contribution is -2.31. The molecule has 1 aromatic rings. The number of nitrogens with one attached hydrogen (secondary N) is 1. The van der Waals surface area contributed by atoms with Gasteiger partial charge in [-0.05, 0) is 36.8 Å². The smallest absolute Gasteiger partial charge is 0.233 e. The maximum absolute atomic E-state index is 13.7. The number of aliphatic hydroxyl groups is 1. The van der Waals surface area contributed by atoms with Crippen molar-refractivity contribution in [3.05, 3.63) is 35.1 Å². The number of aliphatic hydroxyl groups excluding tert-OH is 1. The first-order chi connectivity index (χ1) is 10.2. The van der Waals surface area contributed by atoms with Crippen LogP contribution >= 0.6 is 11.8 Å². The molecule has 1 heterocycles. The number of halogens is 1. The number of carbonyl (C=O) groups is 1. The highest BCUT2D eigenvalue weighted by Gasteiger charge is 2.23. The molecular formula is C16H18FNO2S. The van der Waals surface area contributed by atoms with Gasteiger partial charge in [-0.25, -0.2) is 4.39 Å². The minimum atomic E-state index is -0.345. The summed E-state index contributed by atoms with van der Waals surface area (Å²) in [5.74, 6) is 6.31. The first-order valence-electron chi connectivity index (χ1n) is 6.98. The highest BCUT2D eigenvalue weighted by Crippen LogP contribution is 2.26. The molecule has 112 valence electrons. The van der Waals surface area contributed by atoms with Gasteiger partial charge in [0, 0.05) is 24.1 Å². The van der Waals surface area contributed by atoms with Gasteiger partial charge in [0.05, 0.1) is 11.9 Å². The normalized spacial score (nSPS) is 17.1. The second kappa shape index (κ2) is 8.06. The standard InChI is InChI=1S/C16H18FNO2S/c17-14-7-6-12(4-1-2-8-19)10-13(14)11-18-16(20)15-5-3-9-21-15/h6-7,10,15,19H,2-3,5,8-9,11H2,(H,18,20). The van der Waals surface area contributed by atoms with Crippen LogP contribution in [0.15, 0.2) is 18.2 Å². The summed E-state index contributed by atoms with van der Waals surface area (Å²) in [6.07, 6.45) is 2.35. The van der Waals surface area contributed by atoms with Crippen molar-refractivity contribution in [1.82, 2.24) is 5.32 Å². The lowest BCUT2D eigenvalue weighted by atomic mass is 10.1. The lowest BCUT2D eigenvalue weighted by molar-refractivity contribution is -0.120. The topological polar surface area (TPSA) is 49.3 Å². The van der Waals surface area contributed by atoms with Crippen molar-refractivity contribution in [2.45, 2.75) is 31.1 Å². The van der Waals surface area contributed by atoms with Crippen molar-refractivity contribution in [3.63, 3.8) is 0 Å². The largest absolute Gasteiger partial charge is 0.395 e. The van der Waals surface area contributed by atoms with E-state index in [2.05, 4.69) is 17.2 Å². The van der Waals surface area contributed by atoms with Crippen molar-refractivity contribution in [1.29, 1.82) is 0 Å². The molecule has 0 saturated carbocycles. The summed E-state index contributed by atoms with van der Waals surface area (Å²) in [7, 11) is 0. The predicted molar refractivity (Wildman–Crippen MR) is 82.3 cm³/mol. The van der Waals surface area contributed by atoms with E-state index in [1.165, 1.54) is 6.07 Å². The Kier molecular flexibility index (Phi) is 6.09. The van der Waals surface area contributed by atoms with E-state index < -0.39 is 0 Å². The van der Waals surface area contributed by atoms with E-state index >= 15 is 0 Å². The van der Waals surface area contributed by atoms with Crippen molar-refractivity contribution in [2.24, 2.45) is 0 Å². The highest BCUT2D eigenvalue weighted by molar-refractivity contribution is 8.00. The Morgan fingerprint density at radius 2 is 2.38 bits per heavy atom. The third-order valence-electron chi connectivity index (χ3n) is 3.19. The average molecular weight is 307 g/mol. The van der Waals surface area contributed by atoms with E-state index in [9.17, 15) is 9.18 Å². The van der Waals surface area contributed by atoms with Gasteiger partial charge < -0.3 is 10.4 Å². The summed E-state index contributed by atoms with van der Waals surface area (Å²) >= 11 is 1.65. The lowest BCUT2D eigenvalue weighted by Gasteiger charge is -2.10. The van der Waals surface area contributed by atoms with Gasteiger partial charge in [-0.3, -0.25) is 4.79 Å². The number of thioether (sulfide) groups is 1. The van der Waals surface area contributed by atoms with Gasteiger partial charge in [0.2, 0.25) is 5.91 Å². The van der Waals surface area contributed by atoms with Crippen LogP contribution in [-0.4, -0.2) is 28.6 Å². The molecule has 5 heteroatoms. The summed E-state index contributed by atoms with van der Waals surface area (Å²) in [5.41, 5.74) is 1.12. The Bertz CT molecular complexity index is 559. The van der Waals surface area contributed by atoms with Crippen LogP contribution in [0.3, 0.4) is 0 Å². The molecule has 0 aliphatic carbocycles. The van der Waals surface area contributed by atoms with E-state index in [0.717, 1.165) is 18.6 Å². The van der Waals surface area contributed by atoms with Gasteiger partial charge in [-0.2, -0.15) is 0 Å². The monoisotopic (exact) mass is 307 g/mol. The van der Waals surface area contributed by atoms with Crippen molar-refractivity contribution in [2.75, 3.05) is 12.4 Å². The fourth-order valence-electron chi connectivity index (χ4n) is 2.09. The maximum atomic E-state index is 13.7. The molecule has 1 fully saturated rings. The van der Waals surface area contributed by atoms with Crippen LogP contribution in [0.4, 0.5) is 4.39 Å². The fraction of sp³-hybridized carbons (Fsp3) is 0.438. The predicted octanol–water partition coefficient (Wildman–Crippen LogP) is 2.07. The van der Waals surface area contributed by atoms with Crippen LogP contribution in [0.5, 0.6) is 0 Å². The van der Waals surface area contributed by atoms with Gasteiger partial charge >= 0.3 is 0 Å². The van der Waals surface area contributed by atoms with Crippen LogP contribution in [0.1, 0.15) is 30.4 Å². The molecule has 1 aliphatic rings. The van der Waals surface area contributed by atoms with Gasteiger partial charge in [-0.1, -0.05) is 11.8 Å². The number of rotatable bonds is 4. The Morgan fingerprint density at radius 3 is 3.10 bits per heavy atom. The summed E-state index contributed by atoms with van der Waals surface area (Å²) in [4.78, 5) is 11.9. The molecule has 1 amide bonds. The zero-order chi connectivity index (χ0) is 15.1. The van der Waals surface area contributed by atoms with E-state index in [0.29, 0.717) is 17.5 Å². The van der Waals surface area contributed by atoms with E-state index in [4.69, 9.17) is 5.11 Å². The average Bonchev–Trinajstić information content (AvgIpc) is 3.02. The van der Waals surface area contributed by atoms with Crippen LogP contribution in [0.2, 0.25) is 0 Å².